The maximum absolute atomic E-state index is 6.19. The number of nitrogens with one attached hydrogen (secondary N) is 1. The number of nitrogens with zero attached hydrogens (tertiary/aromatic N) is 1. The molecule has 0 aliphatic rings. The summed E-state index contributed by atoms with van der Waals surface area (Å²) >= 11 is 10.1. The molecule has 0 saturated heterocycles. The summed E-state index contributed by atoms with van der Waals surface area (Å²) in [5, 5.41) is 4.32. The van der Waals surface area contributed by atoms with Crippen LogP contribution in [0.15, 0.2) is 29.9 Å². The Morgan fingerprint density at radius 3 is 2.94 bits per heavy atom. The minimum absolute atomic E-state index is 0.296. The van der Waals surface area contributed by atoms with Crippen molar-refractivity contribution in [3.63, 3.8) is 0 Å². The fourth-order valence-corrected chi connectivity index (χ4v) is 2.99. The number of benzene rings is 1. The molecule has 96 valence electrons. The molecular formula is C13H14ClIN2S. The van der Waals surface area contributed by atoms with Crippen molar-refractivity contribution in [1.82, 2.24) is 10.3 Å². The van der Waals surface area contributed by atoms with Gasteiger partial charge in [0.05, 0.1) is 10.5 Å². The highest BCUT2D eigenvalue weighted by Crippen LogP contribution is 2.26. The molecule has 1 aromatic carbocycles. The number of aromatic nitrogens is 1. The van der Waals surface area contributed by atoms with Crippen LogP contribution in [-0.2, 0) is 6.42 Å². The number of halogens is 2. The molecule has 1 unspecified atom stereocenters. The van der Waals surface area contributed by atoms with Gasteiger partial charge in [-0.3, -0.25) is 4.98 Å². The monoisotopic (exact) mass is 392 g/mol. The Morgan fingerprint density at radius 2 is 2.33 bits per heavy atom. The second-order valence-electron chi connectivity index (χ2n) is 3.96. The van der Waals surface area contributed by atoms with E-state index in [1.807, 2.05) is 11.7 Å². The molecule has 1 N–H and O–H groups in total. The maximum Gasteiger partial charge on any atom is 0.0794 e. The molecule has 2 aromatic rings. The summed E-state index contributed by atoms with van der Waals surface area (Å²) in [6.07, 6.45) is 2.89. The van der Waals surface area contributed by atoms with E-state index in [1.165, 1.54) is 10.4 Å². The molecule has 5 heteroatoms. The van der Waals surface area contributed by atoms with Gasteiger partial charge in [0.1, 0.15) is 0 Å². The van der Waals surface area contributed by atoms with Crippen molar-refractivity contribution in [2.24, 2.45) is 0 Å². The van der Waals surface area contributed by atoms with Crippen LogP contribution in [0.25, 0.3) is 0 Å². The molecule has 1 heterocycles. The van der Waals surface area contributed by atoms with Crippen LogP contribution < -0.4 is 5.32 Å². The summed E-state index contributed by atoms with van der Waals surface area (Å²) < 4.78 is 1.09. The van der Waals surface area contributed by atoms with Crippen molar-refractivity contribution in [1.29, 1.82) is 0 Å². The largest absolute Gasteiger partial charge is 0.310 e. The smallest absolute Gasteiger partial charge is 0.0794 e. The number of rotatable bonds is 5. The lowest BCUT2D eigenvalue weighted by atomic mass is 10.0. The third kappa shape index (κ3) is 3.66. The zero-order chi connectivity index (χ0) is 13.0. The Hall–Kier alpha value is -0.170. The van der Waals surface area contributed by atoms with Crippen LogP contribution in [0.2, 0.25) is 5.02 Å². The summed E-state index contributed by atoms with van der Waals surface area (Å²) in [6, 6.07) is 6.56. The second kappa shape index (κ2) is 6.84. The van der Waals surface area contributed by atoms with E-state index in [0.717, 1.165) is 21.6 Å². The highest BCUT2D eigenvalue weighted by Gasteiger charge is 2.13. The standard InChI is InChI=1S/C13H14ClIN2S/c1-2-17-13(6-10-7-16-8-18-10)9-3-4-12(15)11(14)5-9/h3-5,7-8,13,17H,2,6H2,1H3. The zero-order valence-electron chi connectivity index (χ0n) is 9.99. The molecule has 1 aromatic heterocycles. The Bertz CT molecular complexity index is 502. The molecule has 0 spiro atoms. The third-order valence-corrected chi connectivity index (χ3v) is 5.06. The molecule has 0 fully saturated rings. The lowest BCUT2D eigenvalue weighted by Gasteiger charge is -2.18. The van der Waals surface area contributed by atoms with Gasteiger partial charge in [-0.15, -0.1) is 11.3 Å². The van der Waals surface area contributed by atoms with Gasteiger partial charge in [0.15, 0.2) is 0 Å². The number of likely N-dealkylation sites (N-methyl/N-ethyl adjacent to an activating group) is 1. The van der Waals surface area contributed by atoms with E-state index < -0.39 is 0 Å². The third-order valence-electron chi connectivity index (χ3n) is 2.69. The first-order chi connectivity index (χ1) is 8.70. The highest BCUT2D eigenvalue weighted by molar-refractivity contribution is 14.1. The van der Waals surface area contributed by atoms with Crippen LogP contribution in [0.4, 0.5) is 0 Å². The number of thiazole rings is 1. The highest BCUT2D eigenvalue weighted by atomic mass is 127. The SMILES string of the molecule is CCNC(Cc1cncs1)c1ccc(I)c(Cl)c1. The van der Waals surface area contributed by atoms with Gasteiger partial charge < -0.3 is 5.32 Å². The number of hydrogen-bond donors (Lipinski definition) is 1. The second-order valence-corrected chi connectivity index (χ2v) is 6.50. The van der Waals surface area contributed by atoms with Crippen molar-refractivity contribution in [3.05, 3.63) is 48.9 Å². The van der Waals surface area contributed by atoms with E-state index in [1.54, 1.807) is 11.3 Å². The predicted molar refractivity (Wildman–Crippen MR) is 86.4 cm³/mol. The van der Waals surface area contributed by atoms with E-state index >= 15 is 0 Å². The minimum atomic E-state index is 0.296. The van der Waals surface area contributed by atoms with E-state index in [4.69, 9.17) is 11.6 Å². The molecule has 0 amide bonds. The normalized spacial score (nSPS) is 12.6. The van der Waals surface area contributed by atoms with E-state index in [9.17, 15) is 0 Å². The summed E-state index contributed by atoms with van der Waals surface area (Å²) in [7, 11) is 0. The van der Waals surface area contributed by atoms with Gasteiger partial charge in [-0.25, -0.2) is 0 Å². The molecule has 2 nitrogen and oxygen atoms in total. The fraction of sp³-hybridized carbons (Fsp3) is 0.308. The molecular weight excluding hydrogens is 379 g/mol. The van der Waals surface area contributed by atoms with Gasteiger partial charge in [-0.2, -0.15) is 0 Å². The maximum atomic E-state index is 6.19. The molecule has 0 bridgehead atoms. The van der Waals surface area contributed by atoms with Gasteiger partial charge in [0.2, 0.25) is 0 Å². The van der Waals surface area contributed by atoms with Crippen molar-refractivity contribution in [2.45, 2.75) is 19.4 Å². The minimum Gasteiger partial charge on any atom is -0.310 e. The molecule has 0 aliphatic heterocycles. The molecule has 2 rings (SSSR count). The van der Waals surface area contributed by atoms with E-state index in [0.29, 0.717) is 6.04 Å². The van der Waals surface area contributed by atoms with E-state index in [2.05, 4.69) is 58.0 Å². The Labute approximate surface area is 130 Å². The average Bonchev–Trinajstić information content (AvgIpc) is 2.85. The first-order valence-electron chi connectivity index (χ1n) is 5.76. The van der Waals surface area contributed by atoms with Crippen molar-refractivity contribution >= 4 is 45.5 Å². The van der Waals surface area contributed by atoms with Crippen LogP contribution in [0.3, 0.4) is 0 Å². The Kier molecular flexibility index (Phi) is 5.41. The van der Waals surface area contributed by atoms with Gasteiger partial charge in [-0.1, -0.05) is 24.6 Å². The van der Waals surface area contributed by atoms with Gasteiger partial charge in [-0.05, 0) is 46.8 Å². The lowest BCUT2D eigenvalue weighted by molar-refractivity contribution is 0.553. The zero-order valence-corrected chi connectivity index (χ0v) is 13.7. The van der Waals surface area contributed by atoms with Gasteiger partial charge >= 0.3 is 0 Å². The molecule has 0 saturated carbocycles. The molecule has 1 atom stereocenters. The molecule has 0 radical (unpaired) electrons. The van der Waals surface area contributed by atoms with E-state index in [-0.39, 0.29) is 0 Å². The van der Waals surface area contributed by atoms with Crippen molar-refractivity contribution < 1.29 is 0 Å². The van der Waals surface area contributed by atoms with Gasteiger partial charge in [0, 0.05) is 27.1 Å². The van der Waals surface area contributed by atoms with Crippen molar-refractivity contribution in [2.75, 3.05) is 6.54 Å². The van der Waals surface area contributed by atoms with Crippen molar-refractivity contribution in [3.8, 4) is 0 Å². The predicted octanol–water partition coefficient (Wildman–Crippen LogP) is 4.29. The quantitative estimate of drug-likeness (QED) is 0.768. The summed E-state index contributed by atoms with van der Waals surface area (Å²) in [4.78, 5) is 5.41. The topological polar surface area (TPSA) is 24.9 Å². The van der Waals surface area contributed by atoms with Crippen LogP contribution in [0.5, 0.6) is 0 Å². The lowest BCUT2D eigenvalue weighted by Crippen LogP contribution is -2.22. The van der Waals surface area contributed by atoms with Crippen LogP contribution in [0, 0.1) is 3.57 Å². The Balaban J connectivity index is 2.20. The van der Waals surface area contributed by atoms with Crippen LogP contribution in [0.1, 0.15) is 23.4 Å². The summed E-state index contributed by atoms with van der Waals surface area (Å²) in [5.41, 5.74) is 3.11. The average molecular weight is 393 g/mol. The first-order valence-corrected chi connectivity index (χ1v) is 8.10. The van der Waals surface area contributed by atoms with Crippen LogP contribution >= 0.6 is 45.5 Å². The number of hydrogen-bond acceptors (Lipinski definition) is 3. The Morgan fingerprint density at radius 1 is 1.50 bits per heavy atom. The molecule has 0 aliphatic carbocycles. The summed E-state index contributed by atoms with van der Waals surface area (Å²) in [6.45, 7) is 3.06. The van der Waals surface area contributed by atoms with Crippen LogP contribution in [-0.4, -0.2) is 11.5 Å². The van der Waals surface area contributed by atoms with Gasteiger partial charge in [0.25, 0.3) is 0 Å². The fourth-order valence-electron chi connectivity index (χ4n) is 1.83. The molecule has 18 heavy (non-hydrogen) atoms. The summed E-state index contributed by atoms with van der Waals surface area (Å²) in [5.74, 6) is 0. The first kappa shape index (κ1) is 14.2.